The smallest absolute Gasteiger partial charge is 0.315 e. The first-order chi connectivity index (χ1) is 9.99. The molecule has 0 radical (unpaired) electrons. The van der Waals surface area contributed by atoms with Crippen molar-refractivity contribution in [3.05, 3.63) is 27.8 Å². The monoisotopic (exact) mass is 297 g/mol. The fourth-order valence-corrected chi connectivity index (χ4v) is 1.79. The van der Waals surface area contributed by atoms with Gasteiger partial charge in [0.1, 0.15) is 0 Å². The van der Waals surface area contributed by atoms with Gasteiger partial charge in [-0.1, -0.05) is 13.3 Å². The molecule has 116 valence electrons. The van der Waals surface area contributed by atoms with Crippen molar-refractivity contribution in [2.24, 2.45) is 0 Å². The van der Waals surface area contributed by atoms with Gasteiger partial charge in [-0.3, -0.25) is 14.9 Å². The Bertz CT molecular complexity index is 514. The SMILES string of the molecule is CCCCOc1c(OC)cc(CCC(=O)O)cc1[N+](=O)[O-]. The Labute approximate surface area is 122 Å². The van der Waals surface area contributed by atoms with Crippen LogP contribution in [0.15, 0.2) is 12.1 Å². The van der Waals surface area contributed by atoms with Crippen molar-refractivity contribution in [3.63, 3.8) is 0 Å². The minimum absolute atomic E-state index is 0.0926. The Morgan fingerprint density at radius 2 is 2.14 bits per heavy atom. The number of hydrogen-bond donors (Lipinski definition) is 1. The van der Waals surface area contributed by atoms with Gasteiger partial charge in [-0.25, -0.2) is 0 Å². The molecule has 0 bridgehead atoms. The molecule has 0 aromatic heterocycles. The molecule has 1 rings (SSSR count). The normalized spacial score (nSPS) is 10.2. The maximum absolute atomic E-state index is 11.2. The molecule has 0 fully saturated rings. The van der Waals surface area contributed by atoms with Crippen molar-refractivity contribution in [1.29, 1.82) is 0 Å². The van der Waals surface area contributed by atoms with E-state index >= 15 is 0 Å². The number of benzene rings is 1. The number of carboxylic acid groups (broad SMARTS) is 1. The number of hydrogen-bond acceptors (Lipinski definition) is 5. The fraction of sp³-hybridized carbons (Fsp3) is 0.500. The summed E-state index contributed by atoms with van der Waals surface area (Å²) in [5.74, 6) is -0.615. The summed E-state index contributed by atoms with van der Waals surface area (Å²) in [7, 11) is 1.40. The van der Waals surface area contributed by atoms with Crippen LogP contribution in [0, 0.1) is 10.1 Å². The van der Waals surface area contributed by atoms with Gasteiger partial charge in [-0.05, 0) is 24.5 Å². The Balaban J connectivity index is 3.09. The van der Waals surface area contributed by atoms with Gasteiger partial charge in [0.05, 0.1) is 18.6 Å². The van der Waals surface area contributed by atoms with E-state index in [1.54, 1.807) is 6.07 Å². The number of methoxy groups -OCH3 is 1. The molecule has 7 nitrogen and oxygen atoms in total. The lowest BCUT2D eigenvalue weighted by Gasteiger charge is -2.12. The summed E-state index contributed by atoms with van der Waals surface area (Å²) < 4.78 is 10.6. The third kappa shape index (κ3) is 4.94. The maximum Gasteiger partial charge on any atom is 0.315 e. The van der Waals surface area contributed by atoms with Crippen molar-refractivity contribution in [3.8, 4) is 11.5 Å². The summed E-state index contributed by atoms with van der Waals surface area (Å²) >= 11 is 0. The summed E-state index contributed by atoms with van der Waals surface area (Å²) in [6.07, 6.45) is 1.78. The number of nitrogens with zero attached hydrogens (tertiary/aromatic N) is 1. The lowest BCUT2D eigenvalue weighted by molar-refractivity contribution is -0.386. The highest BCUT2D eigenvalue weighted by Crippen LogP contribution is 2.38. The molecule has 0 saturated heterocycles. The molecule has 7 heteroatoms. The van der Waals surface area contributed by atoms with Crippen LogP contribution in [0.2, 0.25) is 0 Å². The second-order valence-corrected chi connectivity index (χ2v) is 4.50. The fourth-order valence-electron chi connectivity index (χ4n) is 1.79. The van der Waals surface area contributed by atoms with Crippen molar-refractivity contribution in [2.45, 2.75) is 32.6 Å². The Morgan fingerprint density at radius 3 is 2.67 bits per heavy atom. The van der Waals surface area contributed by atoms with Gasteiger partial charge >= 0.3 is 11.7 Å². The van der Waals surface area contributed by atoms with Crippen LogP contribution in [0.25, 0.3) is 0 Å². The van der Waals surface area contributed by atoms with Crippen LogP contribution in [0.3, 0.4) is 0 Å². The summed E-state index contributed by atoms with van der Waals surface area (Å²) in [4.78, 5) is 21.2. The first-order valence-corrected chi connectivity index (χ1v) is 6.69. The number of rotatable bonds is 9. The predicted molar refractivity (Wildman–Crippen MR) is 76.0 cm³/mol. The number of nitro groups is 1. The summed E-state index contributed by atoms with van der Waals surface area (Å²) in [5, 5.41) is 19.9. The molecule has 0 saturated carbocycles. The van der Waals surface area contributed by atoms with E-state index in [-0.39, 0.29) is 30.0 Å². The molecule has 0 amide bonds. The Kier molecular flexibility index (Phi) is 6.45. The Morgan fingerprint density at radius 1 is 1.43 bits per heavy atom. The van der Waals surface area contributed by atoms with Gasteiger partial charge < -0.3 is 14.6 Å². The van der Waals surface area contributed by atoms with Crippen LogP contribution in [0.4, 0.5) is 5.69 Å². The molecule has 0 atom stereocenters. The highest BCUT2D eigenvalue weighted by molar-refractivity contribution is 5.67. The van der Waals surface area contributed by atoms with Gasteiger partial charge in [-0.2, -0.15) is 0 Å². The maximum atomic E-state index is 11.2. The first kappa shape index (κ1) is 16.7. The lowest BCUT2D eigenvalue weighted by Crippen LogP contribution is -2.04. The van der Waals surface area contributed by atoms with Gasteiger partial charge in [0, 0.05) is 12.5 Å². The molecule has 0 heterocycles. The van der Waals surface area contributed by atoms with E-state index in [2.05, 4.69) is 0 Å². The third-order valence-corrected chi connectivity index (χ3v) is 2.88. The van der Waals surface area contributed by atoms with Crippen LogP contribution in [-0.4, -0.2) is 29.7 Å². The molecular weight excluding hydrogens is 278 g/mol. The van der Waals surface area contributed by atoms with Crippen molar-refractivity contribution >= 4 is 11.7 Å². The first-order valence-electron chi connectivity index (χ1n) is 6.69. The highest BCUT2D eigenvalue weighted by atomic mass is 16.6. The number of aliphatic carboxylic acids is 1. The number of aryl methyl sites for hydroxylation is 1. The minimum atomic E-state index is -0.958. The molecule has 1 aromatic carbocycles. The van der Waals surface area contributed by atoms with Crippen LogP contribution in [0.5, 0.6) is 11.5 Å². The van der Waals surface area contributed by atoms with E-state index in [9.17, 15) is 14.9 Å². The lowest BCUT2D eigenvalue weighted by atomic mass is 10.1. The number of carboxylic acids is 1. The second-order valence-electron chi connectivity index (χ2n) is 4.50. The van der Waals surface area contributed by atoms with Crippen LogP contribution in [0.1, 0.15) is 31.7 Å². The standard InChI is InChI=1S/C14H19NO6/c1-3-4-7-21-14-11(15(18)19)8-10(5-6-13(16)17)9-12(14)20-2/h8-9H,3-7H2,1-2H3,(H,16,17). The zero-order chi connectivity index (χ0) is 15.8. The van der Waals surface area contributed by atoms with Crippen LogP contribution >= 0.6 is 0 Å². The van der Waals surface area contributed by atoms with Crippen molar-refractivity contribution in [1.82, 2.24) is 0 Å². The topological polar surface area (TPSA) is 98.9 Å². The van der Waals surface area contributed by atoms with Crippen molar-refractivity contribution < 1.29 is 24.3 Å². The number of ether oxygens (including phenoxy) is 2. The largest absolute Gasteiger partial charge is 0.493 e. The van der Waals surface area contributed by atoms with Crippen LogP contribution in [-0.2, 0) is 11.2 Å². The minimum Gasteiger partial charge on any atom is -0.493 e. The van der Waals surface area contributed by atoms with Gasteiger partial charge in [0.25, 0.3) is 0 Å². The van der Waals surface area contributed by atoms with E-state index in [0.717, 1.165) is 12.8 Å². The van der Waals surface area contributed by atoms with E-state index in [1.807, 2.05) is 6.92 Å². The van der Waals surface area contributed by atoms with E-state index < -0.39 is 10.9 Å². The van der Waals surface area contributed by atoms with E-state index in [1.165, 1.54) is 13.2 Å². The number of unbranched alkanes of at least 4 members (excludes halogenated alkanes) is 1. The summed E-state index contributed by atoms with van der Waals surface area (Å²) in [6.45, 7) is 2.35. The third-order valence-electron chi connectivity index (χ3n) is 2.88. The zero-order valence-electron chi connectivity index (χ0n) is 12.1. The number of carbonyl (C=O) groups is 1. The quantitative estimate of drug-likeness (QED) is 0.427. The van der Waals surface area contributed by atoms with E-state index in [0.29, 0.717) is 12.2 Å². The molecule has 0 spiro atoms. The van der Waals surface area contributed by atoms with Gasteiger partial charge in [0.2, 0.25) is 5.75 Å². The Hall–Kier alpha value is -2.31. The second kappa shape index (κ2) is 8.08. The predicted octanol–water partition coefficient (Wildman–Crippen LogP) is 2.80. The summed E-state index contributed by atoms with van der Waals surface area (Å²) in [6, 6.07) is 2.92. The molecule has 0 aliphatic carbocycles. The molecule has 1 aromatic rings. The average molecular weight is 297 g/mol. The molecule has 1 N–H and O–H groups in total. The molecule has 0 unspecified atom stereocenters. The van der Waals surface area contributed by atoms with Crippen molar-refractivity contribution in [2.75, 3.05) is 13.7 Å². The van der Waals surface area contributed by atoms with Crippen LogP contribution < -0.4 is 9.47 Å². The molecule has 0 aliphatic rings. The van der Waals surface area contributed by atoms with Gasteiger partial charge in [0.15, 0.2) is 5.75 Å². The zero-order valence-corrected chi connectivity index (χ0v) is 12.1. The highest BCUT2D eigenvalue weighted by Gasteiger charge is 2.22. The average Bonchev–Trinajstić information content (AvgIpc) is 2.45. The molecule has 0 aliphatic heterocycles. The molecule has 21 heavy (non-hydrogen) atoms. The number of nitro benzene ring substituents is 1. The molecular formula is C14H19NO6. The van der Waals surface area contributed by atoms with Gasteiger partial charge in [-0.15, -0.1) is 0 Å². The summed E-state index contributed by atoms with van der Waals surface area (Å²) in [5.41, 5.74) is 0.328. The van der Waals surface area contributed by atoms with E-state index in [4.69, 9.17) is 14.6 Å².